The molecule has 4 heteroatoms. The van der Waals surface area contributed by atoms with Crippen LogP contribution in [0.2, 0.25) is 0 Å². The van der Waals surface area contributed by atoms with E-state index in [1.165, 1.54) is 6.07 Å². The van der Waals surface area contributed by atoms with Gasteiger partial charge in [0.15, 0.2) is 0 Å². The summed E-state index contributed by atoms with van der Waals surface area (Å²) in [7, 11) is 0. The number of aliphatic hydroxyl groups excluding tert-OH is 2. The SMILES string of the molecule is Cc1cc(C(O)CNCC(C)O)ccc1F. The predicted molar refractivity (Wildman–Crippen MR) is 60.6 cm³/mol. The molecule has 0 radical (unpaired) electrons. The first-order valence-electron chi connectivity index (χ1n) is 5.33. The second-order valence-corrected chi connectivity index (χ2v) is 4.03. The lowest BCUT2D eigenvalue weighted by Crippen LogP contribution is -2.28. The minimum absolute atomic E-state index is 0.270. The van der Waals surface area contributed by atoms with Crippen LogP contribution in [0.15, 0.2) is 18.2 Å². The Hall–Kier alpha value is -0.970. The topological polar surface area (TPSA) is 52.5 Å². The Morgan fingerprint density at radius 3 is 2.56 bits per heavy atom. The van der Waals surface area contributed by atoms with Crippen LogP contribution in [0.5, 0.6) is 0 Å². The number of nitrogens with one attached hydrogen (secondary N) is 1. The van der Waals surface area contributed by atoms with Gasteiger partial charge in [0, 0.05) is 13.1 Å². The molecule has 0 heterocycles. The first-order chi connectivity index (χ1) is 7.50. The quantitative estimate of drug-likeness (QED) is 0.707. The maximum absolute atomic E-state index is 13.0. The van der Waals surface area contributed by atoms with Gasteiger partial charge in [-0.2, -0.15) is 0 Å². The normalized spacial score (nSPS) is 14.8. The van der Waals surface area contributed by atoms with Crippen molar-refractivity contribution in [3.05, 3.63) is 35.1 Å². The lowest BCUT2D eigenvalue weighted by Gasteiger charge is -2.13. The summed E-state index contributed by atoms with van der Waals surface area (Å²) < 4.78 is 13.0. The summed E-state index contributed by atoms with van der Waals surface area (Å²) in [6.07, 6.45) is -1.12. The van der Waals surface area contributed by atoms with E-state index in [-0.39, 0.29) is 5.82 Å². The monoisotopic (exact) mass is 227 g/mol. The molecule has 0 aliphatic rings. The van der Waals surface area contributed by atoms with E-state index in [1.807, 2.05) is 0 Å². The molecule has 16 heavy (non-hydrogen) atoms. The molecule has 0 amide bonds. The Morgan fingerprint density at radius 1 is 1.31 bits per heavy atom. The fourth-order valence-corrected chi connectivity index (χ4v) is 1.42. The van der Waals surface area contributed by atoms with E-state index in [1.54, 1.807) is 26.0 Å². The van der Waals surface area contributed by atoms with Crippen molar-refractivity contribution in [2.24, 2.45) is 0 Å². The van der Waals surface area contributed by atoms with Gasteiger partial charge in [0.25, 0.3) is 0 Å². The summed E-state index contributed by atoms with van der Waals surface area (Å²) in [5.41, 5.74) is 1.20. The summed E-state index contributed by atoms with van der Waals surface area (Å²) >= 11 is 0. The summed E-state index contributed by atoms with van der Waals surface area (Å²) in [4.78, 5) is 0. The molecule has 2 unspecified atom stereocenters. The van der Waals surface area contributed by atoms with E-state index in [0.29, 0.717) is 24.2 Å². The summed E-state index contributed by atoms with van der Waals surface area (Å²) in [5, 5.41) is 21.7. The molecule has 0 aliphatic heterocycles. The molecule has 0 aliphatic carbocycles. The lowest BCUT2D eigenvalue weighted by atomic mass is 10.1. The first-order valence-corrected chi connectivity index (χ1v) is 5.33. The maximum atomic E-state index is 13.0. The molecular weight excluding hydrogens is 209 g/mol. The van der Waals surface area contributed by atoms with Crippen LogP contribution < -0.4 is 5.32 Å². The largest absolute Gasteiger partial charge is 0.392 e. The molecule has 1 rings (SSSR count). The Labute approximate surface area is 94.9 Å². The summed E-state index contributed by atoms with van der Waals surface area (Å²) in [6.45, 7) is 4.10. The Balaban J connectivity index is 2.52. The van der Waals surface area contributed by atoms with Crippen molar-refractivity contribution < 1.29 is 14.6 Å². The van der Waals surface area contributed by atoms with Gasteiger partial charge in [0.2, 0.25) is 0 Å². The molecule has 0 bridgehead atoms. The van der Waals surface area contributed by atoms with E-state index in [2.05, 4.69) is 5.32 Å². The Bertz CT molecular complexity index is 342. The predicted octanol–water partition coefficient (Wildman–Crippen LogP) is 1.14. The zero-order valence-electron chi connectivity index (χ0n) is 9.57. The van der Waals surface area contributed by atoms with Gasteiger partial charge in [-0.1, -0.05) is 12.1 Å². The minimum atomic E-state index is -0.682. The Kier molecular flexibility index (Phi) is 4.86. The van der Waals surface area contributed by atoms with Gasteiger partial charge in [0.1, 0.15) is 5.82 Å². The molecule has 3 N–H and O–H groups in total. The fourth-order valence-electron chi connectivity index (χ4n) is 1.42. The zero-order valence-corrected chi connectivity index (χ0v) is 9.57. The highest BCUT2D eigenvalue weighted by Crippen LogP contribution is 2.15. The maximum Gasteiger partial charge on any atom is 0.126 e. The number of benzene rings is 1. The van der Waals surface area contributed by atoms with Crippen molar-refractivity contribution >= 4 is 0 Å². The highest BCUT2D eigenvalue weighted by Gasteiger charge is 2.09. The van der Waals surface area contributed by atoms with Gasteiger partial charge in [-0.3, -0.25) is 0 Å². The third kappa shape index (κ3) is 3.89. The van der Waals surface area contributed by atoms with Crippen LogP contribution in [0.1, 0.15) is 24.2 Å². The minimum Gasteiger partial charge on any atom is -0.392 e. The van der Waals surface area contributed by atoms with Gasteiger partial charge < -0.3 is 15.5 Å². The number of aliphatic hydroxyl groups is 2. The van der Waals surface area contributed by atoms with Crippen molar-refractivity contribution in [2.45, 2.75) is 26.1 Å². The molecule has 3 nitrogen and oxygen atoms in total. The van der Waals surface area contributed by atoms with Crippen LogP contribution >= 0.6 is 0 Å². The van der Waals surface area contributed by atoms with E-state index in [4.69, 9.17) is 5.11 Å². The van der Waals surface area contributed by atoms with Crippen LogP contribution in [0.3, 0.4) is 0 Å². The second kappa shape index (κ2) is 5.94. The highest BCUT2D eigenvalue weighted by atomic mass is 19.1. The molecule has 0 saturated carbocycles. The van der Waals surface area contributed by atoms with Crippen molar-refractivity contribution in [3.8, 4) is 0 Å². The molecule has 0 spiro atoms. The van der Waals surface area contributed by atoms with E-state index in [0.717, 1.165) is 0 Å². The number of hydrogen-bond donors (Lipinski definition) is 3. The van der Waals surface area contributed by atoms with Crippen LogP contribution in [0, 0.1) is 12.7 Å². The van der Waals surface area contributed by atoms with Crippen LogP contribution in [-0.2, 0) is 0 Å². The van der Waals surface area contributed by atoms with Crippen molar-refractivity contribution in [1.29, 1.82) is 0 Å². The van der Waals surface area contributed by atoms with E-state index in [9.17, 15) is 9.50 Å². The van der Waals surface area contributed by atoms with Crippen molar-refractivity contribution in [1.82, 2.24) is 5.32 Å². The fraction of sp³-hybridized carbons (Fsp3) is 0.500. The number of hydrogen-bond acceptors (Lipinski definition) is 3. The average Bonchev–Trinajstić information content (AvgIpc) is 2.21. The van der Waals surface area contributed by atoms with Gasteiger partial charge in [-0.25, -0.2) is 4.39 Å². The lowest BCUT2D eigenvalue weighted by molar-refractivity contribution is 0.154. The molecule has 0 fully saturated rings. The summed E-state index contributed by atoms with van der Waals surface area (Å²) in [6, 6.07) is 4.55. The number of aryl methyl sites for hydroxylation is 1. The smallest absolute Gasteiger partial charge is 0.126 e. The van der Waals surface area contributed by atoms with Crippen molar-refractivity contribution in [3.63, 3.8) is 0 Å². The molecule has 2 atom stereocenters. The highest BCUT2D eigenvalue weighted by molar-refractivity contribution is 5.25. The molecular formula is C12H18FNO2. The average molecular weight is 227 g/mol. The van der Waals surface area contributed by atoms with Gasteiger partial charge in [-0.05, 0) is 31.0 Å². The molecule has 90 valence electrons. The molecule has 1 aromatic rings. The molecule has 0 saturated heterocycles. The van der Waals surface area contributed by atoms with E-state index >= 15 is 0 Å². The second-order valence-electron chi connectivity index (χ2n) is 4.03. The molecule has 1 aromatic carbocycles. The summed E-state index contributed by atoms with van der Waals surface area (Å²) in [5.74, 6) is -0.270. The standard InChI is InChI=1S/C12H18FNO2/c1-8-5-10(3-4-11(8)13)12(16)7-14-6-9(2)15/h3-5,9,12,14-16H,6-7H2,1-2H3. The van der Waals surface area contributed by atoms with E-state index < -0.39 is 12.2 Å². The first kappa shape index (κ1) is 13.1. The van der Waals surface area contributed by atoms with Gasteiger partial charge in [0.05, 0.1) is 12.2 Å². The Morgan fingerprint density at radius 2 is 2.00 bits per heavy atom. The van der Waals surface area contributed by atoms with Crippen LogP contribution in [0.4, 0.5) is 4.39 Å². The number of halogens is 1. The third-order valence-corrected chi connectivity index (χ3v) is 2.34. The van der Waals surface area contributed by atoms with Crippen LogP contribution in [0.25, 0.3) is 0 Å². The van der Waals surface area contributed by atoms with Crippen LogP contribution in [-0.4, -0.2) is 29.4 Å². The van der Waals surface area contributed by atoms with Gasteiger partial charge >= 0.3 is 0 Å². The third-order valence-electron chi connectivity index (χ3n) is 2.34. The molecule has 0 aromatic heterocycles. The zero-order chi connectivity index (χ0) is 12.1. The van der Waals surface area contributed by atoms with Gasteiger partial charge in [-0.15, -0.1) is 0 Å². The number of rotatable bonds is 5. The van der Waals surface area contributed by atoms with Crippen molar-refractivity contribution in [2.75, 3.05) is 13.1 Å².